The summed E-state index contributed by atoms with van der Waals surface area (Å²) in [5.41, 5.74) is 2.04. The van der Waals surface area contributed by atoms with Crippen LogP contribution in [0.2, 0.25) is 0 Å². The van der Waals surface area contributed by atoms with Crippen LogP contribution in [0.25, 0.3) is 0 Å². The van der Waals surface area contributed by atoms with Crippen molar-refractivity contribution >= 4 is 17.3 Å². The van der Waals surface area contributed by atoms with Crippen LogP contribution in [-0.2, 0) is 18.5 Å². The Hall–Kier alpha value is -1.89. The van der Waals surface area contributed by atoms with Gasteiger partial charge in [-0.05, 0) is 12.8 Å². The third-order valence-corrected chi connectivity index (χ3v) is 4.85. The summed E-state index contributed by atoms with van der Waals surface area (Å²) in [6.45, 7) is 14.7. The summed E-state index contributed by atoms with van der Waals surface area (Å²) >= 11 is 1.69. The van der Waals surface area contributed by atoms with E-state index in [0.29, 0.717) is 19.0 Å². The Kier molecular flexibility index (Phi) is 6.58. The molecule has 7 heteroatoms. The first kappa shape index (κ1) is 19.4. The molecule has 2 N–H and O–H groups in total. The predicted octanol–water partition coefficient (Wildman–Crippen LogP) is 3.81. The molecule has 2 aromatic heterocycles. The van der Waals surface area contributed by atoms with Crippen molar-refractivity contribution in [3.05, 3.63) is 33.6 Å². The lowest BCUT2D eigenvalue weighted by molar-refractivity contribution is 0.372. The minimum absolute atomic E-state index is 0.0792. The quantitative estimate of drug-likeness (QED) is 0.603. The van der Waals surface area contributed by atoms with Crippen molar-refractivity contribution in [2.75, 3.05) is 6.54 Å². The second-order valence-electron chi connectivity index (χ2n) is 7.32. The van der Waals surface area contributed by atoms with E-state index >= 15 is 0 Å². The molecule has 0 saturated heterocycles. The highest BCUT2D eigenvalue weighted by molar-refractivity contribution is 7.09. The Morgan fingerprint density at radius 2 is 2.08 bits per heavy atom. The van der Waals surface area contributed by atoms with Gasteiger partial charge in [0.2, 0.25) is 0 Å². The van der Waals surface area contributed by atoms with Crippen LogP contribution in [0.1, 0.15) is 69.6 Å². The molecule has 2 rings (SSSR count). The molecular formula is C18H29N5OS. The Morgan fingerprint density at radius 1 is 1.32 bits per heavy atom. The number of hydrogen-bond acceptors (Lipinski definition) is 5. The molecule has 0 aliphatic rings. The van der Waals surface area contributed by atoms with E-state index in [1.165, 1.54) is 0 Å². The van der Waals surface area contributed by atoms with Gasteiger partial charge in [-0.3, -0.25) is 0 Å². The van der Waals surface area contributed by atoms with Gasteiger partial charge in [0, 0.05) is 23.4 Å². The minimum Gasteiger partial charge on any atom is -0.359 e. The second kappa shape index (κ2) is 8.47. The molecule has 0 saturated carbocycles. The molecule has 138 valence electrons. The predicted molar refractivity (Wildman–Crippen MR) is 103 cm³/mol. The van der Waals surface area contributed by atoms with E-state index in [4.69, 9.17) is 4.52 Å². The molecule has 0 atom stereocenters. The zero-order valence-electron chi connectivity index (χ0n) is 16.0. The van der Waals surface area contributed by atoms with Gasteiger partial charge in [0.25, 0.3) is 0 Å². The second-order valence-corrected chi connectivity index (χ2v) is 8.17. The van der Waals surface area contributed by atoms with Gasteiger partial charge in [-0.2, -0.15) is 0 Å². The van der Waals surface area contributed by atoms with Crippen molar-refractivity contribution in [1.82, 2.24) is 20.8 Å². The monoisotopic (exact) mass is 363 g/mol. The first-order valence-corrected chi connectivity index (χ1v) is 9.60. The normalized spacial score (nSPS) is 12.7. The summed E-state index contributed by atoms with van der Waals surface area (Å²) in [6, 6.07) is 1.98. The number of aliphatic imine (C=N–C) groups is 1. The highest BCUT2D eigenvalue weighted by Gasteiger charge is 2.17. The smallest absolute Gasteiger partial charge is 0.192 e. The summed E-state index contributed by atoms with van der Waals surface area (Å²) in [5, 5.41) is 13.8. The zero-order chi connectivity index (χ0) is 18.4. The minimum atomic E-state index is 0.0792. The summed E-state index contributed by atoms with van der Waals surface area (Å²) in [5.74, 6) is 1.91. The van der Waals surface area contributed by atoms with Gasteiger partial charge >= 0.3 is 0 Å². The zero-order valence-corrected chi connectivity index (χ0v) is 16.8. The van der Waals surface area contributed by atoms with E-state index in [-0.39, 0.29) is 5.41 Å². The molecule has 0 aliphatic carbocycles. The highest BCUT2D eigenvalue weighted by atomic mass is 32.1. The SMILES string of the molecule is CCNC(=NCc1csc(C(C)(C)C)n1)NCc1cc(C(C)C)no1. The number of nitrogens with zero attached hydrogens (tertiary/aromatic N) is 3. The molecule has 0 spiro atoms. The number of nitrogens with one attached hydrogen (secondary N) is 2. The van der Waals surface area contributed by atoms with Crippen LogP contribution in [-0.4, -0.2) is 22.6 Å². The van der Waals surface area contributed by atoms with Crippen molar-refractivity contribution in [2.24, 2.45) is 4.99 Å². The molecular weight excluding hydrogens is 334 g/mol. The summed E-state index contributed by atoms with van der Waals surface area (Å²) < 4.78 is 5.35. The lowest BCUT2D eigenvalue weighted by Gasteiger charge is -2.13. The maximum absolute atomic E-state index is 5.35. The van der Waals surface area contributed by atoms with Crippen molar-refractivity contribution in [3.63, 3.8) is 0 Å². The molecule has 2 aromatic rings. The number of guanidine groups is 1. The Morgan fingerprint density at radius 3 is 2.64 bits per heavy atom. The van der Waals surface area contributed by atoms with Crippen LogP contribution >= 0.6 is 11.3 Å². The van der Waals surface area contributed by atoms with E-state index < -0.39 is 0 Å². The first-order chi connectivity index (χ1) is 11.8. The van der Waals surface area contributed by atoms with Gasteiger partial charge in [0.1, 0.15) is 0 Å². The molecule has 0 fully saturated rings. The molecule has 0 bridgehead atoms. The summed E-state index contributed by atoms with van der Waals surface area (Å²) in [4.78, 5) is 9.29. The van der Waals surface area contributed by atoms with E-state index in [0.717, 1.165) is 34.7 Å². The van der Waals surface area contributed by atoms with Gasteiger partial charge in [-0.15, -0.1) is 11.3 Å². The van der Waals surface area contributed by atoms with Crippen molar-refractivity contribution in [1.29, 1.82) is 0 Å². The highest BCUT2D eigenvalue weighted by Crippen LogP contribution is 2.25. The Labute approximate surface area is 154 Å². The molecule has 6 nitrogen and oxygen atoms in total. The maximum Gasteiger partial charge on any atom is 0.192 e. The van der Waals surface area contributed by atoms with Crippen LogP contribution in [0.4, 0.5) is 0 Å². The van der Waals surface area contributed by atoms with Crippen molar-refractivity contribution < 1.29 is 4.52 Å². The van der Waals surface area contributed by atoms with Crippen LogP contribution in [0.5, 0.6) is 0 Å². The van der Waals surface area contributed by atoms with Crippen LogP contribution < -0.4 is 10.6 Å². The van der Waals surface area contributed by atoms with Gasteiger partial charge in [0.15, 0.2) is 11.7 Å². The Balaban J connectivity index is 1.96. The number of thiazole rings is 1. The molecule has 2 heterocycles. The first-order valence-electron chi connectivity index (χ1n) is 8.72. The molecule has 25 heavy (non-hydrogen) atoms. The van der Waals surface area contributed by atoms with E-state index in [1.54, 1.807) is 11.3 Å². The third kappa shape index (κ3) is 5.85. The topological polar surface area (TPSA) is 75.3 Å². The van der Waals surface area contributed by atoms with Crippen LogP contribution in [0, 0.1) is 0 Å². The van der Waals surface area contributed by atoms with Gasteiger partial charge in [-0.25, -0.2) is 9.98 Å². The molecule has 0 aromatic carbocycles. The standard InChI is InChI=1S/C18H29N5OS/c1-7-19-17(21-10-14-8-15(12(2)3)23-24-14)20-9-13-11-25-16(22-13)18(4,5)6/h8,11-12H,7,9-10H2,1-6H3,(H2,19,20,21). The lowest BCUT2D eigenvalue weighted by Crippen LogP contribution is -2.36. The number of hydrogen-bond donors (Lipinski definition) is 2. The fraction of sp³-hybridized carbons (Fsp3) is 0.611. The van der Waals surface area contributed by atoms with Crippen molar-refractivity contribution in [2.45, 2.75) is 66.0 Å². The fourth-order valence-corrected chi connectivity index (χ4v) is 2.98. The summed E-state index contributed by atoms with van der Waals surface area (Å²) in [7, 11) is 0. The number of rotatable bonds is 6. The van der Waals surface area contributed by atoms with Gasteiger partial charge < -0.3 is 15.2 Å². The number of aromatic nitrogens is 2. The third-order valence-electron chi connectivity index (χ3n) is 3.54. The average Bonchev–Trinajstić information content (AvgIpc) is 3.18. The summed E-state index contributed by atoms with van der Waals surface area (Å²) in [6.07, 6.45) is 0. The molecule has 0 amide bonds. The average molecular weight is 364 g/mol. The van der Waals surface area contributed by atoms with Crippen LogP contribution in [0.15, 0.2) is 21.0 Å². The molecule has 0 radical (unpaired) electrons. The van der Waals surface area contributed by atoms with E-state index in [9.17, 15) is 0 Å². The Bertz CT molecular complexity index is 696. The molecule has 0 unspecified atom stereocenters. The molecule has 0 aliphatic heterocycles. The van der Waals surface area contributed by atoms with E-state index in [1.807, 2.05) is 13.0 Å². The van der Waals surface area contributed by atoms with Gasteiger partial charge in [-0.1, -0.05) is 39.8 Å². The van der Waals surface area contributed by atoms with E-state index in [2.05, 4.69) is 65.8 Å². The fourth-order valence-electron chi connectivity index (χ4n) is 2.08. The largest absolute Gasteiger partial charge is 0.359 e. The lowest BCUT2D eigenvalue weighted by atomic mass is 9.98. The van der Waals surface area contributed by atoms with Crippen molar-refractivity contribution in [3.8, 4) is 0 Å². The maximum atomic E-state index is 5.35. The van der Waals surface area contributed by atoms with Gasteiger partial charge in [0.05, 0.1) is 29.5 Å². The van der Waals surface area contributed by atoms with Crippen LogP contribution in [0.3, 0.4) is 0 Å².